The number of thioether (sulfide) groups is 1. The molecule has 0 radical (unpaired) electrons. The van der Waals surface area contributed by atoms with Gasteiger partial charge in [-0.25, -0.2) is 9.78 Å². The van der Waals surface area contributed by atoms with E-state index in [1.165, 1.54) is 18.9 Å². The second-order valence-corrected chi connectivity index (χ2v) is 3.62. The fourth-order valence-electron chi connectivity index (χ4n) is 0.926. The molecule has 76 valence electrons. The molecule has 0 unspecified atom stereocenters. The predicted molar refractivity (Wildman–Crippen MR) is 55.4 cm³/mol. The second kappa shape index (κ2) is 5.62. The van der Waals surface area contributed by atoms with Crippen molar-refractivity contribution in [3.05, 3.63) is 24.0 Å². The third-order valence-corrected chi connectivity index (χ3v) is 2.61. The zero-order valence-corrected chi connectivity index (χ0v) is 8.71. The quantitative estimate of drug-likeness (QED) is 0.594. The van der Waals surface area contributed by atoms with Crippen LogP contribution in [0.4, 0.5) is 0 Å². The monoisotopic (exact) mass is 212 g/mol. The number of hydrogen-bond donors (Lipinski definition) is 1. The van der Waals surface area contributed by atoms with Gasteiger partial charge in [-0.2, -0.15) is 0 Å². The van der Waals surface area contributed by atoms with Crippen molar-refractivity contribution in [3.8, 4) is 0 Å². The number of carbonyl (C=O) groups excluding carboxylic acids is 1. The van der Waals surface area contributed by atoms with Gasteiger partial charge >= 0.3 is 5.97 Å². The van der Waals surface area contributed by atoms with Gasteiger partial charge in [0, 0.05) is 23.4 Å². The molecule has 0 amide bonds. The Kier molecular flexibility index (Phi) is 4.42. The summed E-state index contributed by atoms with van der Waals surface area (Å²) in [5.41, 5.74) is 5.73. The van der Waals surface area contributed by atoms with Crippen molar-refractivity contribution in [3.63, 3.8) is 0 Å². The van der Waals surface area contributed by atoms with Gasteiger partial charge in [0.05, 0.1) is 7.11 Å². The van der Waals surface area contributed by atoms with Gasteiger partial charge in [-0.05, 0) is 12.1 Å². The Morgan fingerprint density at radius 1 is 1.71 bits per heavy atom. The summed E-state index contributed by atoms with van der Waals surface area (Å²) in [6.45, 7) is 0.570. The van der Waals surface area contributed by atoms with Crippen molar-refractivity contribution in [1.29, 1.82) is 0 Å². The lowest BCUT2D eigenvalue weighted by atomic mass is 10.3. The van der Waals surface area contributed by atoms with Gasteiger partial charge in [0.2, 0.25) is 0 Å². The van der Waals surface area contributed by atoms with Crippen molar-refractivity contribution in [1.82, 2.24) is 4.98 Å². The van der Waals surface area contributed by atoms with E-state index in [1.807, 2.05) is 6.07 Å². The first-order chi connectivity index (χ1) is 6.79. The van der Waals surface area contributed by atoms with Crippen LogP contribution in [-0.2, 0) is 4.74 Å². The number of ether oxygens (including phenoxy) is 1. The summed E-state index contributed by atoms with van der Waals surface area (Å²) in [5, 5.41) is 0. The normalized spacial score (nSPS) is 9.86. The summed E-state index contributed by atoms with van der Waals surface area (Å²) in [4.78, 5) is 16.0. The van der Waals surface area contributed by atoms with Crippen LogP contribution in [0.15, 0.2) is 23.2 Å². The number of rotatable bonds is 4. The molecule has 1 aromatic rings. The van der Waals surface area contributed by atoms with E-state index in [1.54, 1.807) is 12.3 Å². The van der Waals surface area contributed by atoms with Gasteiger partial charge in [0.25, 0.3) is 0 Å². The number of methoxy groups -OCH3 is 1. The Bertz CT molecular complexity index is 317. The number of nitrogens with zero attached hydrogens (tertiary/aromatic N) is 1. The van der Waals surface area contributed by atoms with E-state index < -0.39 is 5.97 Å². The van der Waals surface area contributed by atoms with Crippen molar-refractivity contribution in [2.45, 2.75) is 4.90 Å². The topological polar surface area (TPSA) is 65.2 Å². The molecule has 0 aliphatic carbocycles. The molecule has 4 nitrogen and oxygen atoms in total. The fourth-order valence-corrected chi connectivity index (χ4v) is 1.71. The highest BCUT2D eigenvalue weighted by atomic mass is 32.2. The van der Waals surface area contributed by atoms with E-state index in [-0.39, 0.29) is 0 Å². The molecule has 5 heteroatoms. The molecular weight excluding hydrogens is 200 g/mol. The van der Waals surface area contributed by atoms with Crippen molar-refractivity contribution in [2.24, 2.45) is 5.73 Å². The first-order valence-corrected chi connectivity index (χ1v) is 5.14. The highest BCUT2D eigenvalue weighted by Crippen LogP contribution is 2.20. The number of aromatic nitrogens is 1. The van der Waals surface area contributed by atoms with Crippen LogP contribution in [-0.4, -0.2) is 30.4 Å². The predicted octanol–water partition coefficient (Wildman–Crippen LogP) is 0.919. The van der Waals surface area contributed by atoms with Gasteiger partial charge in [-0.1, -0.05) is 0 Å². The van der Waals surface area contributed by atoms with E-state index in [9.17, 15) is 4.79 Å². The Balaban J connectivity index is 2.85. The zero-order valence-electron chi connectivity index (χ0n) is 7.90. The molecular formula is C9H12N2O2S. The molecule has 0 fully saturated rings. The van der Waals surface area contributed by atoms with Crippen LogP contribution in [0.1, 0.15) is 10.5 Å². The summed E-state index contributed by atoms with van der Waals surface area (Å²) >= 11 is 1.50. The first-order valence-electron chi connectivity index (χ1n) is 4.15. The molecule has 2 N–H and O–H groups in total. The maximum absolute atomic E-state index is 11.3. The van der Waals surface area contributed by atoms with E-state index >= 15 is 0 Å². The Hall–Kier alpha value is -1.07. The van der Waals surface area contributed by atoms with Crippen LogP contribution >= 0.6 is 11.8 Å². The minimum Gasteiger partial charge on any atom is -0.464 e. The molecule has 0 aliphatic heterocycles. The SMILES string of the molecule is COC(=O)c1ncccc1SCCN. The molecule has 1 rings (SSSR count). The lowest BCUT2D eigenvalue weighted by Crippen LogP contribution is -2.07. The molecule has 1 heterocycles. The maximum Gasteiger partial charge on any atom is 0.357 e. The number of esters is 1. The second-order valence-electron chi connectivity index (χ2n) is 2.48. The molecule has 1 aromatic heterocycles. The Morgan fingerprint density at radius 2 is 2.50 bits per heavy atom. The van der Waals surface area contributed by atoms with Gasteiger partial charge in [-0.3, -0.25) is 0 Å². The summed E-state index contributed by atoms with van der Waals surface area (Å²) in [5.74, 6) is 0.348. The number of pyridine rings is 1. The van der Waals surface area contributed by atoms with Crippen LogP contribution in [0, 0.1) is 0 Å². The minimum atomic E-state index is -0.412. The lowest BCUT2D eigenvalue weighted by molar-refractivity contribution is 0.0589. The number of hydrogen-bond acceptors (Lipinski definition) is 5. The molecule has 0 bridgehead atoms. The lowest BCUT2D eigenvalue weighted by Gasteiger charge is -2.04. The summed E-state index contributed by atoms with van der Waals surface area (Å²) in [7, 11) is 1.34. The molecule has 14 heavy (non-hydrogen) atoms. The molecule has 0 aliphatic rings. The van der Waals surface area contributed by atoms with Crippen LogP contribution in [0.5, 0.6) is 0 Å². The zero-order chi connectivity index (χ0) is 10.4. The van der Waals surface area contributed by atoms with Crippen LogP contribution in [0.25, 0.3) is 0 Å². The molecule has 0 aromatic carbocycles. The van der Waals surface area contributed by atoms with Crippen molar-refractivity contribution >= 4 is 17.7 Å². The van der Waals surface area contributed by atoms with E-state index in [2.05, 4.69) is 9.72 Å². The number of nitrogens with two attached hydrogens (primary N) is 1. The highest BCUT2D eigenvalue weighted by Gasteiger charge is 2.12. The van der Waals surface area contributed by atoms with E-state index in [4.69, 9.17) is 5.73 Å². The van der Waals surface area contributed by atoms with Crippen molar-refractivity contribution in [2.75, 3.05) is 19.4 Å². The Labute approximate surface area is 86.8 Å². The first kappa shape index (κ1) is 11.0. The van der Waals surface area contributed by atoms with Crippen molar-refractivity contribution < 1.29 is 9.53 Å². The van der Waals surface area contributed by atoms with Crippen LogP contribution < -0.4 is 5.73 Å². The number of carbonyl (C=O) groups is 1. The maximum atomic E-state index is 11.3. The van der Waals surface area contributed by atoms with Gasteiger partial charge in [0.15, 0.2) is 5.69 Å². The summed E-state index contributed by atoms with van der Waals surface area (Å²) < 4.78 is 4.61. The summed E-state index contributed by atoms with van der Waals surface area (Å²) in [6.07, 6.45) is 1.57. The minimum absolute atomic E-state index is 0.355. The third kappa shape index (κ3) is 2.71. The third-order valence-electron chi connectivity index (χ3n) is 1.52. The fraction of sp³-hybridized carbons (Fsp3) is 0.333. The van der Waals surface area contributed by atoms with E-state index in [0.717, 1.165) is 10.6 Å². The van der Waals surface area contributed by atoms with E-state index in [0.29, 0.717) is 12.2 Å². The Morgan fingerprint density at radius 3 is 3.14 bits per heavy atom. The van der Waals surface area contributed by atoms with Crippen LogP contribution in [0.2, 0.25) is 0 Å². The molecule has 0 saturated carbocycles. The van der Waals surface area contributed by atoms with Gasteiger partial charge in [0.1, 0.15) is 0 Å². The summed E-state index contributed by atoms with van der Waals surface area (Å²) in [6, 6.07) is 3.62. The standard InChI is InChI=1S/C9H12N2O2S/c1-13-9(12)8-7(14-6-4-10)3-2-5-11-8/h2-3,5H,4,6,10H2,1H3. The average Bonchev–Trinajstić information content (AvgIpc) is 2.25. The van der Waals surface area contributed by atoms with Crippen LogP contribution in [0.3, 0.4) is 0 Å². The largest absolute Gasteiger partial charge is 0.464 e. The molecule has 0 saturated heterocycles. The molecule has 0 spiro atoms. The van der Waals surface area contributed by atoms with Gasteiger partial charge < -0.3 is 10.5 Å². The average molecular weight is 212 g/mol. The smallest absolute Gasteiger partial charge is 0.357 e. The highest BCUT2D eigenvalue weighted by molar-refractivity contribution is 7.99. The molecule has 0 atom stereocenters. The van der Waals surface area contributed by atoms with Gasteiger partial charge in [-0.15, -0.1) is 11.8 Å².